The van der Waals surface area contributed by atoms with E-state index in [0.29, 0.717) is 17.9 Å². The van der Waals surface area contributed by atoms with Crippen LogP contribution in [0.5, 0.6) is 5.75 Å². The Balaban J connectivity index is 2.18. The van der Waals surface area contributed by atoms with Gasteiger partial charge >= 0.3 is 0 Å². The van der Waals surface area contributed by atoms with Gasteiger partial charge < -0.3 is 15.2 Å². The summed E-state index contributed by atoms with van der Waals surface area (Å²) in [5, 5.41) is 13.5. The van der Waals surface area contributed by atoms with Gasteiger partial charge in [0.15, 0.2) is 0 Å². The van der Waals surface area contributed by atoms with Crippen molar-refractivity contribution in [1.29, 1.82) is 0 Å². The van der Waals surface area contributed by atoms with E-state index in [9.17, 15) is 9.90 Å². The van der Waals surface area contributed by atoms with Crippen molar-refractivity contribution in [3.63, 3.8) is 0 Å². The van der Waals surface area contributed by atoms with E-state index in [2.05, 4.69) is 11.4 Å². The van der Waals surface area contributed by atoms with Crippen molar-refractivity contribution < 1.29 is 14.6 Å². The summed E-state index contributed by atoms with van der Waals surface area (Å²) in [6.07, 6.45) is 2.82. The van der Waals surface area contributed by atoms with E-state index in [4.69, 9.17) is 4.74 Å². The number of hydrogen-bond acceptors (Lipinski definition) is 3. The van der Waals surface area contributed by atoms with Crippen molar-refractivity contribution in [3.05, 3.63) is 35.9 Å². The molecule has 1 aromatic rings. The molecule has 0 spiro atoms. The molecule has 4 heteroatoms. The minimum absolute atomic E-state index is 0.150. The third-order valence-corrected chi connectivity index (χ3v) is 4.37. The number of amides is 1. The van der Waals surface area contributed by atoms with Gasteiger partial charge in [-0.25, -0.2) is 0 Å². The van der Waals surface area contributed by atoms with E-state index in [1.807, 2.05) is 39.0 Å². The van der Waals surface area contributed by atoms with E-state index >= 15 is 0 Å². The van der Waals surface area contributed by atoms with Crippen LogP contribution in [0, 0.1) is 11.3 Å². The molecule has 0 radical (unpaired) electrons. The van der Waals surface area contributed by atoms with Gasteiger partial charge in [0, 0.05) is 11.8 Å². The molecule has 1 aromatic carbocycles. The Morgan fingerprint density at radius 2 is 2.14 bits per heavy atom. The van der Waals surface area contributed by atoms with Gasteiger partial charge in [-0.15, -0.1) is 0 Å². The third kappa shape index (κ3) is 3.69. The summed E-state index contributed by atoms with van der Waals surface area (Å²) in [4.78, 5) is 12.6. The second-order valence-corrected chi connectivity index (χ2v) is 6.72. The van der Waals surface area contributed by atoms with Crippen LogP contribution in [0.2, 0.25) is 0 Å². The number of carbonyl (C=O) groups is 1. The van der Waals surface area contributed by atoms with Crippen LogP contribution < -0.4 is 10.1 Å². The summed E-state index contributed by atoms with van der Waals surface area (Å²) in [5.41, 5.74) is 1.52. The number of nitrogens with one attached hydrogen (secondary N) is 1. The monoisotopic (exact) mass is 303 g/mol. The van der Waals surface area contributed by atoms with Gasteiger partial charge in [-0.05, 0) is 37.3 Å². The molecule has 0 heterocycles. The first kappa shape index (κ1) is 16.6. The highest BCUT2D eigenvalue weighted by Gasteiger charge is 2.39. The Hall–Kier alpha value is -1.81. The third-order valence-electron chi connectivity index (χ3n) is 4.37. The fourth-order valence-electron chi connectivity index (χ4n) is 2.82. The Kier molecular flexibility index (Phi) is 4.91. The van der Waals surface area contributed by atoms with Crippen LogP contribution >= 0.6 is 0 Å². The molecule has 2 rings (SSSR count). The van der Waals surface area contributed by atoms with Crippen molar-refractivity contribution in [2.24, 2.45) is 11.3 Å². The summed E-state index contributed by atoms with van der Waals surface area (Å²) in [7, 11) is 1.59. The number of ether oxygens (including phenoxy) is 1. The molecule has 0 fully saturated rings. The van der Waals surface area contributed by atoms with Gasteiger partial charge in [0.1, 0.15) is 5.75 Å². The number of aliphatic hydroxyl groups excluding tert-OH is 1. The first-order valence-electron chi connectivity index (χ1n) is 7.62. The maximum atomic E-state index is 12.6. The maximum Gasteiger partial charge on any atom is 0.230 e. The van der Waals surface area contributed by atoms with Crippen molar-refractivity contribution >= 4 is 11.6 Å². The number of benzene rings is 1. The lowest BCUT2D eigenvalue weighted by atomic mass is 9.77. The Morgan fingerprint density at radius 1 is 1.41 bits per heavy atom. The topological polar surface area (TPSA) is 58.6 Å². The minimum atomic E-state index is -0.674. The Morgan fingerprint density at radius 3 is 2.82 bits per heavy atom. The van der Waals surface area contributed by atoms with Gasteiger partial charge in [0.2, 0.25) is 5.91 Å². The van der Waals surface area contributed by atoms with Gasteiger partial charge in [0.05, 0.1) is 19.1 Å². The fraction of sp³-hybridized carbons (Fsp3) is 0.500. The standard InChI is InChI=1S/C18H25NO3/c1-12-8-9-18(2,3)16(20)15(10-12)17(21)19-13-6-5-7-14(11-13)22-4/h5-8,11,15-16,20H,9-10H2,1-4H3,(H,19,21)/t15-,16?/m0/s1. The van der Waals surface area contributed by atoms with E-state index < -0.39 is 12.0 Å². The highest BCUT2D eigenvalue weighted by molar-refractivity contribution is 5.93. The lowest BCUT2D eigenvalue weighted by Crippen LogP contribution is -2.41. The summed E-state index contributed by atoms with van der Waals surface area (Å²) in [6, 6.07) is 7.24. The Labute approximate surface area is 132 Å². The van der Waals surface area contributed by atoms with E-state index in [1.165, 1.54) is 0 Å². The number of allylic oxidation sites excluding steroid dienone is 2. The summed E-state index contributed by atoms with van der Waals surface area (Å²) in [6.45, 7) is 6.01. The van der Waals surface area contributed by atoms with Crippen LogP contribution in [0.15, 0.2) is 35.9 Å². The number of carbonyl (C=O) groups excluding carboxylic acids is 1. The molecule has 4 nitrogen and oxygen atoms in total. The number of aliphatic hydroxyl groups is 1. The molecule has 0 saturated heterocycles. The molecule has 0 aliphatic heterocycles. The molecule has 2 atom stereocenters. The van der Waals surface area contributed by atoms with Crippen molar-refractivity contribution in [1.82, 2.24) is 0 Å². The fourth-order valence-corrected chi connectivity index (χ4v) is 2.82. The van der Waals surface area contributed by atoms with Crippen LogP contribution in [0.3, 0.4) is 0 Å². The van der Waals surface area contributed by atoms with Gasteiger partial charge in [-0.1, -0.05) is 31.6 Å². The van der Waals surface area contributed by atoms with Gasteiger partial charge in [0.25, 0.3) is 0 Å². The summed E-state index contributed by atoms with van der Waals surface area (Å²) < 4.78 is 5.16. The molecule has 1 aliphatic carbocycles. The van der Waals surface area contributed by atoms with Crippen LogP contribution in [0.25, 0.3) is 0 Å². The zero-order chi connectivity index (χ0) is 16.3. The molecule has 120 valence electrons. The molecular formula is C18H25NO3. The molecule has 2 N–H and O–H groups in total. The maximum absolute atomic E-state index is 12.6. The lowest BCUT2D eigenvalue weighted by Gasteiger charge is -2.32. The number of rotatable bonds is 3. The van der Waals surface area contributed by atoms with E-state index in [-0.39, 0.29) is 11.3 Å². The summed E-state index contributed by atoms with van der Waals surface area (Å²) >= 11 is 0. The highest BCUT2D eigenvalue weighted by atomic mass is 16.5. The van der Waals surface area contributed by atoms with Crippen molar-refractivity contribution in [2.75, 3.05) is 12.4 Å². The Bertz CT molecular complexity index is 577. The molecule has 0 saturated carbocycles. The molecule has 0 bridgehead atoms. The zero-order valence-electron chi connectivity index (χ0n) is 13.7. The second kappa shape index (κ2) is 6.53. The normalized spacial score (nSPS) is 24.1. The van der Waals surface area contributed by atoms with Crippen LogP contribution in [0.1, 0.15) is 33.6 Å². The zero-order valence-corrected chi connectivity index (χ0v) is 13.7. The van der Waals surface area contributed by atoms with Gasteiger partial charge in [-0.3, -0.25) is 4.79 Å². The molecule has 1 amide bonds. The van der Waals surface area contributed by atoms with Crippen LogP contribution in [0.4, 0.5) is 5.69 Å². The molecular weight excluding hydrogens is 278 g/mol. The van der Waals surface area contributed by atoms with E-state index in [0.717, 1.165) is 12.0 Å². The summed E-state index contributed by atoms with van der Waals surface area (Å²) in [5.74, 6) is 0.0963. The van der Waals surface area contributed by atoms with Gasteiger partial charge in [-0.2, -0.15) is 0 Å². The van der Waals surface area contributed by atoms with Crippen LogP contribution in [-0.4, -0.2) is 24.2 Å². The quantitative estimate of drug-likeness (QED) is 0.842. The van der Waals surface area contributed by atoms with E-state index in [1.54, 1.807) is 13.2 Å². The molecule has 1 unspecified atom stereocenters. The molecule has 1 aliphatic rings. The average Bonchev–Trinajstić information content (AvgIpc) is 2.59. The first-order chi connectivity index (χ1) is 10.3. The predicted octanol–water partition coefficient (Wildman–Crippen LogP) is 3.38. The number of methoxy groups -OCH3 is 1. The largest absolute Gasteiger partial charge is 0.497 e. The van der Waals surface area contributed by atoms with Crippen molar-refractivity contribution in [2.45, 2.75) is 39.7 Å². The number of hydrogen-bond donors (Lipinski definition) is 2. The first-order valence-corrected chi connectivity index (χ1v) is 7.62. The smallest absolute Gasteiger partial charge is 0.230 e. The second-order valence-electron chi connectivity index (χ2n) is 6.72. The average molecular weight is 303 g/mol. The molecule has 0 aromatic heterocycles. The minimum Gasteiger partial charge on any atom is -0.497 e. The predicted molar refractivity (Wildman–Crippen MR) is 87.9 cm³/mol. The molecule has 22 heavy (non-hydrogen) atoms. The highest BCUT2D eigenvalue weighted by Crippen LogP contribution is 2.37. The number of anilines is 1. The lowest BCUT2D eigenvalue weighted by molar-refractivity contribution is -0.126. The van der Waals surface area contributed by atoms with Crippen molar-refractivity contribution in [3.8, 4) is 5.75 Å². The van der Waals surface area contributed by atoms with Crippen LogP contribution in [-0.2, 0) is 4.79 Å². The SMILES string of the molecule is COc1cccc(NC(=O)[C@H]2CC(C)=CCC(C)(C)C2O)c1.